The van der Waals surface area contributed by atoms with Crippen molar-refractivity contribution in [1.82, 2.24) is 5.32 Å². The average Bonchev–Trinajstić information content (AvgIpc) is 2.75. The molecule has 2 N–H and O–H groups in total. The number of β-amino-alcohol motifs (C(OH)–C–C–N with tert-alkyl or cyclic N) is 1. The van der Waals surface area contributed by atoms with E-state index in [9.17, 15) is 5.11 Å². The molecule has 2 aromatic rings. The van der Waals surface area contributed by atoms with E-state index in [1.54, 1.807) is 0 Å². The zero-order valence-electron chi connectivity index (χ0n) is 9.06. The Morgan fingerprint density at radius 3 is 2.69 bits per heavy atom. The highest BCUT2D eigenvalue weighted by atomic mass is 16.3. The van der Waals surface area contributed by atoms with E-state index in [0.717, 1.165) is 6.42 Å². The van der Waals surface area contributed by atoms with E-state index in [0.29, 0.717) is 12.6 Å². The van der Waals surface area contributed by atoms with Crippen molar-refractivity contribution in [3.63, 3.8) is 0 Å². The molecule has 0 aliphatic carbocycles. The summed E-state index contributed by atoms with van der Waals surface area (Å²) in [4.78, 5) is 0. The van der Waals surface area contributed by atoms with Crippen molar-refractivity contribution in [3.05, 3.63) is 48.0 Å². The Hall–Kier alpha value is -1.38. The second-order valence-corrected chi connectivity index (χ2v) is 4.42. The van der Waals surface area contributed by atoms with Gasteiger partial charge in [-0.15, -0.1) is 0 Å². The summed E-state index contributed by atoms with van der Waals surface area (Å²) in [6.07, 6.45) is 0.609. The van der Waals surface area contributed by atoms with E-state index in [1.807, 2.05) is 0 Å². The molecule has 16 heavy (non-hydrogen) atoms. The summed E-state index contributed by atoms with van der Waals surface area (Å²) >= 11 is 0. The van der Waals surface area contributed by atoms with E-state index in [-0.39, 0.29) is 6.10 Å². The summed E-state index contributed by atoms with van der Waals surface area (Å²) in [5, 5.41) is 15.5. The lowest BCUT2D eigenvalue weighted by molar-refractivity contribution is 0.193. The first-order chi connectivity index (χ1) is 7.84. The number of benzene rings is 2. The second-order valence-electron chi connectivity index (χ2n) is 4.42. The molecular formula is C14H15NO. The van der Waals surface area contributed by atoms with Gasteiger partial charge in [0.1, 0.15) is 0 Å². The van der Waals surface area contributed by atoms with Crippen LogP contribution < -0.4 is 5.32 Å². The van der Waals surface area contributed by atoms with Gasteiger partial charge in [0, 0.05) is 12.6 Å². The summed E-state index contributed by atoms with van der Waals surface area (Å²) < 4.78 is 0. The van der Waals surface area contributed by atoms with E-state index in [4.69, 9.17) is 0 Å². The van der Waals surface area contributed by atoms with Crippen molar-refractivity contribution < 1.29 is 5.11 Å². The maximum atomic E-state index is 9.57. The minimum absolute atomic E-state index is 0.205. The maximum absolute atomic E-state index is 9.57. The molecule has 1 saturated heterocycles. The number of fused-ring (bicyclic) bond motifs is 1. The molecule has 0 saturated carbocycles. The Kier molecular flexibility index (Phi) is 2.39. The number of nitrogens with one attached hydrogen (secondary N) is 1. The zero-order valence-corrected chi connectivity index (χ0v) is 9.06. The Labute approximate surface area is 94.9 Å². The summed E-state index contributed by atoms with van der Waals surface area (Å²) in [5.41, 5.74) is 1.30. The van der Waals surface area contributed by atoms with Gasteiger partial charge in [-0.3, -0.25) is 0 Å². The van der Waals surface area contributed by atoms with Gasteiger partial charge in [0.15, 0.2) is 0 Å². The third-order valence-electron chi connectivity index (χ3n) is 3.31. The Morgan fingerprint density at radius 2 is 1.88 bits per heavy atom. The molecule has 1 aliphatic rings. The van der Waals surface area contributed by atoms with Crippen LogP contribution in [0.1, 0.15) is 18.0 Å². The van der Waals surface area contributed by atoms with Crippen molar-refractivity contribution in [3.8, 4) is 0 Å². The van der Waals surface area contributed by atoms with Gasteiger partial charge in [-0.05, 0) is 22.8 Å². The minimum atomic E-state index is -0.205. The third kappa shape index (κ3) is 1.60. The van der Waals surface area contributed by atoms with Gasteiger partial charge >= 0.3 is 0 Å². The molecule has 1 heterocycles. The van der Waals surface area contributed by atoms with Crippen LogP contribution in [-0.4, -0.2) is 17.8 Å². The Bertz CT molecular complexity index is 504. The summed E-state index contributed by atoms with van der Waals surface area (Å²) in [7, 11) is 0. The monoisotopic (exact) mass is 213 g/mol. The largest absolute Gasteiger partial charge is 0.392 e. The highest BCUT2D eigenvalue weighted by Gasteiger charge is 2.24. The van der Waals surface area contributed by atoms with E-state index >= 15 is 0 Å². The predicted molar refractivity (Wildman–Crippen MR) is 65.3 cm³/mol. The fourth-order valence-electron chi connectivity index (χ4n) is 2.51. The lowest BCUT2D eigenvalue weighted by Crippen LogP contribution is -2.15. The van der Waals surface area contributed by atoms with E-state index in [2.05, 4.69) is 47.8 Å². The van der Waals surface area contributed by atoms with Crippen LogP contribution in [0, 0.1) is 0 Å². The molecule has 2 nitrogen and oxygen atoms in total. The van der Waals surface area contributed by atoms with Crippen molar-refractivity contribution in [1.29, 1.82) is 0 Å². The van der Waals surface area contributed by atoms with Crippen molar-refractivity contribution >= 4 is 10.8 Å². The van der Waals surface area contributed by atoms with Gasteiger partial charge < -0.3 is 10.4 Å². The summed E-state index contributed by atoms with van der Waals surface area (Å²) in [6, 6.07) is 15.1. The minimum Gasteiger partial charge on any atom is -0.392 e. The molecule has 0 amide bonds. The molecule has 0 aromatic heterocycles. The van der Waals surface area contributed by atoms with Gasteiger partial charge in [0.2, 0.25) is 0 Å². The molecule has 2 heteroatoms. The van der Waals surface area contributed by atoms with Crippen LogP contribution in [0.2, 0.25) is 0 Å². The van der Waals surface area contributed by atoms with Crippen molar-refractivity contribution in [2.45, 2.75) is 18.6 Å². The normalized spacial score (nSPS) is 25.1. The van der Waals surface area contributed by atoms with Crippen molar-refractivity contribution in [2.24, 2.45) is 0 Å². The maximum Gasteiger partial charge on any atom is 0.0682 e. The standard InChI is InChI=1S/C14H15NO/c16-11-8-14(15-9-11)13-7-3-5-10-4-1-2-6-12(10)13/h1-7,11,14-16H,8-9H2. The predicted octanol–water partition coefficient (Wildman–Crippen LogP) is 2.24. The first-order valence-electron chi connectivity index (χ1n) is 5.74. The zero-order chi connectivity index (χ0) is 11.0. The molecule has 1 fully saturated rings. The smallest absolute Gasteiger partial charge is 0.0682 e. The topological polar surface area (TPSA) is 32.3 Å². The van der Waals surface area contributed by atoms with Crippen LogP contribution in [0.3, 0.4) is 0 Å². The first-order valence-corrected chi connectivity index (χ1v) is 5.74. The SMILES string of the molecule is OC1CNC(c2cccc3ccccc23)C1. The number of rotatable bonds is 1. The molecule has 3 rings (SSSR count). The average molecular weight is 213 g/mol. The van der Waals surface area contributed by atoms with Gasteiger partial charge in [-0.25, -0.2) is 0 Å². The summed E-state index contributed by atoms with van der Waals surface area (Å²) in [6.45, 7) is 0.702. The Morgan fingerprint density at radius 1 is 1.06 bits per heavy atom. The van der Waals surface area contributed by atoms with Crippen LogP contribution in [0.15, 0.2) is 42.5 Å². The molecule has 2 atom stereocenters. The van der Waals surface area contributed by atoms with Crippen LogP contribution in [-0.2, 0) is 0 Å². The van der Waals surface area contributed by atoms with Crippen molar-refractivity contribution in [2.75, 3.05) is 6.54 Å². The Balaban J connectivity index is 2.09. The molecule has 1 aliphatic heterocycles. The number of hydrogen-bond donors (Lipinski definition) is 2. The molecular weight excluding hydrogens is 198 g/mol. The fourth-order valence-corrected chi connectivity index (χ4v) is 2.51. The first kappa shape index (κ1) is 9.82. The fraction of sp³-hybridized carbons (Fsp3) is 0.286. The number of aliphatic hydroxyl groups is 1. The molecule has 82 valence electrons. The van der Waals surface area contributed by atoms with Crippen LogP contribution in [0.25, 0.3) is 10.8 Å². The van der Waals surface area contributed by atoms with Crippen LogP contribution in [0.4, 0.5) is 0 Å². The van der Waals surface area contributed by atoms with Gasteiger partial charge in [0.25, 0.3) is 0 Å². The number of aliphatic hydroxyl groups excluding tert-OH is 1. The summed E-state index contributed by atoms with van der Waals surface area (Å²) in [5.74, 6) is 0. The molecule has 0 radical (unpaired) electrons. The van der Waals surface area contributed by atoms with Crippen LogP contribution >= 0.6 is 0 Å². The lowest BCUT2D eigenvalue weighted by Gasteiger charge is -2.13. The van der Waals surface area contributed by atoms with E-state index in [1.165, 1.54) is 16.3 Å². The van der Waals surface area contributed by atoms with Crippen LogP contribution in [0.5, 0.6) is 0 Å². The molecule has 2 unspecified atom stereocenters. The quantitative estimate of drug-likeness (QED) is 0.761. The number of hydrogen-bond acceptors (Lipinski definition) is 2. The third-order valence-corrected chi connectivity index (χ3v) is 3.31. The molecule has 2 aromatic carbocycles. The molecule has 0 spiro atoms. The van der Waals surface area contributed by atoms with E-state index < -0.39 is 0 Å². The van der Waals surface area contributed by atoms with Gasteiger partial charge in [0.05, 0.1) is 6.10 Å². The highest BCUT2D eigenvalue weighted by molar-refractivity contribution is 5.86. The lowest BCUT2D eigenvalue weighted by atomic mass is 9.97. The molecule has 0 bridgehead atoms. The second kappa shape index (κ2) is 3.89. The highest BCUT2D eigenvalue weighted by Crippen LogP contribution is 2.29. The van der Waals surface area contributed by atoms with Gasteiger partial charge in [-0.2, -0.15) is 0 Å². The van der Waals surface area contributed by atoms with Gasteiger partial charge in [-0.1, -0.05) is 42.5 Å².